The van der Waals surface area contributed by atoms with Crippen LogP contribution in [-0.2, 0) is 0 Å². The van der Waals surface area contributed by atoms with E-state index < -0.39 is 0 Å². The molecule has 1 N–H and O–H groups in total. The van der Waals surface area contributed by atoms with Gasteiger partial charge in [-0.05, 0) is 42.5 Å². The Bertz CT molecular complexity index is 1140. The maximum absolute atomic E-state index is 12.4. The molecule has 0 saturated heterocycles. The second-order valence-electron chi connectivity index (χ2n) is 5.41. The zero-order chi connectivity index (χ0) is 18.3. The highest BCUT2D eigenvalue weighted by Crippen LogP contribution is 2.32. The van der Waals surface area contributed by atoms with E-state index >= 15 is 0 Å². The highest BCUT2D eigenvalue weighted by Gasteiger charge is 2.15. The molecule has 0 unspecified atom stereocenters. The zero-order valence-corrected chi connectivity index (χ0v) is 16.0. The molecule has 0 saturated carbocycles. The Kier molecular flexibility index (Phi) is 4.63. The third kappa shape index (κ3) is 3.44. The van der Waals surface area contributed by atoms with Crippen LogP contribution in [0.3, 0.4) is 0 Å². The smallest absolute Gasteiger partial charge is 0.293 e. The first kappa shape index (κ1) is 17.4. The number of aromatic nitrogens is 1. The van der Waals surface area contributed by atoms with Crippen LogP contribution in [0.25, 0.3) is 22.2 Å². The molecule has 130 valence electrons. The Labute approximate surface area is 167 Å². The van der Waals surface area contributed by atoms with Gasteiger partial charge in [0, 0.05) is 26.4 Å². The number of anilines is 1. The lowest BCUT2D eigenvalue weighted by atomic mass is 10.2. The molecule has 8 heteroatoms. The van der Waals surface area contributed by atoms with Crippen LogP contribution in [0.5, 0.6) is 0 Å². The van der Waals surface area contributed by atoms with E-state index in [1.165, 1.54) is 11.3 Å². The van der Waals surface area contributed by atoms with Crippen LogP contribution in [-0.4, -0.2) is 10.9 Å². The summed E-state index contributed by atoms with van der Waals surface area (Å²) in [7, 11) is 0. The van der Waals surface area contributed by atoms with Gasteiger partial charge in [-0.15, -0.1) is 11.3 Å². The number of amides is 1. The Morgan fingerprint density at radius 1 is 1.04 bits per heavy atom. The van der Waals surface area contributed by atoms with Gasteiger partial charge in [-0.2, -0.15) is 0 Å². The number of hydrogen-bond acceptors (Lipinski definition) is 4. The van der Waals surface area contributed by atoms with Gasteiger partial charge in [-0.3, -0.25) is 10.1 Å². The molecule has 4 nitrogen and oxygen atoms in total. The molecule has 0 spiro atoms. The average molecular weight is 424 g/mol. The zero-order valence-electron chi connectivity index (χ0n) is 12.9. The molecule has 0 aliphatic heterocycles. The lowest BCUT2D eigenvalue weighted by Crippen LogP contribution is -2.10. The Morgan fingerprint density at radius 3 is 2.62 bits per heavy atom. The molecule has 2 aromatic heterocycles. The fourth-order valence-corrected chi connectivity index (χ4v) is 3.83. The highest BCUT2D eigenvalue weighted by atomic mass is 35.5. The molecule has 4 aromatic rings. The largest absolute Gasteiger partial charge is 0.451 e. The van der Waals surface area contributed by atoms with Crippen molar-refractivity contribution in [1.82, 2.24) is 4.98 Å². The van der Waals surface area contributed by atoms with Gasteiger partial charge in [-0.1, -0.05) is 34.8 Å². The normalized spacial score (nSPS) is 11.0. The fourth-order valence-electron chi connectivity index (χ4n) is 2.44. The summed E-state index contributed by atoms with van der Waals surface area (Å²) in [5, 5.41) is 7.36. The number of furan rings is 1. The van der Waals surface area contributed by atoms with Crippen LogP contribution in [0.4, 0.5) is 5.13 Å². The molecule has 0 radical (unpaired) electrons. The minimum atomic E-state index is -0.388. The maximum Gasteiger partial charge on any atom is 0.293 e. The first-order valence-electron chi connectivity index (χ1n) is 7.41. The lowest BCUT2D eigenvalue weighted by Gasteiger charge is -2.01. The summed E-state index contributed by atoms with van der Waals surface area (Å²) in [5.41, 5.74) is 1.99. The molecule has 2 heterocycles. The first-order chi connectivity index (χ1) is 12.5. The van der Waals surface area contributed by atoms with E-state index in [1.807, 2.05) is 5.38 Å². The number of nitrogens with one attached hydrogen (secondary N) is 1. The second kappa shape index (κ2) is 6.93. The number of fused-ring (bicyclic) bond motifs is 1. The van der Waals surface area contributed by atoms with Crippen LogP contribution in [0.1, 0.15) is 10.6 Å². The van der Waals surface area contributed by atoms with Crippen LogP contribution in [0, 0.1) is 0 Å². The van der Waals surface area contributed by atoms with Crippen molar-refractivity contribution in [3.63, 3.8) is 0 Å². The Morgan fingerprint density at radius 2 is 1.81 bits per heavy atom. The van der Waals surface area contributed by atoms with Gasteiger partial charge in [0.2, 0.25) is 0 Å². The van der Waals surface area contributed by atoms with Crippen LogP contribution < -0.4 is 5.32 Å². The van der Waals surface area contributed by atoms with Crippen molar-refractivity contribution in [2.75, 3.05) is 5.32 Å². The minimum Gasteiger partial charge on any atom is -0.451 e. The highest BCUT2D eigenvalue weighted by molar-refractivity contribution is 7.14. The van der Waals surface area contributed by atoms with E-state index in [2.05, 4.69) is 10.3 Å². The standard InChI is InChI=1S/C18H9Cl3N2O2S/c19-10-2-4-15-9(5-10)6-16(25-15)17(24)23-18-22-14(8-26-18)12-3-1-11(20)7-13(12)21/h1-8H,(H,22,23,24). The van der Waals surface area contributed by atoms with Crippen molar-refractivity contribution in [2.24, 2.45) is 0 Å². The van der Waals surface area contributed by atoms with Crippen molar-refractivity contribution >= 4 is 68.1 Å². The summed E-state index contributed by atoms with van der Waals surface area (Å²) in [6.07, 6.45) is 0. The van der Waals surface area contributed by atoms with Gasteiger partial charge in [0.25, 0.3) is 5.91 Å². The molecule has 0 bridgehead atoms. The van der Waals surface area contributed by atoms with Crippen molar-refractivity contribution in [2.45, 2.75) is 0 Å². The molecular weight excluding hydrogens is 415 g/mol. The van der Waals surface area contributed by atoms with Crippen LogP contribution in [0.2, 0.25) is 15.1 Å². The number of thiazole rings is 1. The van der Waals surface area contributed by atoms with Crippen molar-refractivity contribution in [3.8, 4) is 11.3 Å². The van der Waals surface area contributed by atoms with E-state index in [1.54, 1.807) is 42.5 Å². The van der Waals surface area contributed by atoms with Gasteiger partial charge >= 0.3 is 0 Å². The van der Waals surface area contributed by atoms with E-state index in [9.17, 15) is 4.79 Å². The molecule has 2 aromatic carbocycles. The van der Waals surface area contributed by atoms with E-state index in [4.69, 9.17) is 39.2 Å². The van der Waals surface area contributed by atoms with E-state index in [-0.39, 0.29) is 11.7 Å². The number of nitrogens with zero attached hydrogens (tertiary/aromatic N) is 1. The van der Waals surface area contributed by atoms with Crippen molar-refractivity contribution < 1.29 is 9.21 Å². The molecule has 26 heavy (non-hydrogen) atoms. The van der Waals surface area contributed by atoms with Gasteiger partial charge in [0.15, 0.2) is 10.9 Å². The third-order valence-electron chi connectivity index (χ3n) is 3.63. The lowest BCUT2D eigenvalue weighted by molar-refractivity contribution is 0.0998. The number of carbonyl (C=O) groups is 1. The molecule has 0 aliphatic carbocycles. The Hall–Kier alpha value is -2.05. The van der Waals surface area contributed by atoms with Gasteiger partial charge in [-0.25, -0.2) is 4.98 Å². The van der Waals surface area contributed by atoms with Crippen LogP contribution >= 0.6 is 46.1 Å². The van der Waals surface area contributed by atoms with E-state index in [0.29, 0.717) is 31.5 Å². The van der Waals surface area contributed by atoms with Gasteiger partial charge in [0.05, 0.1) is 10.7 Å². The number of benzene rings is 2. The van der Waals surface area contributed by atoms with Crippen LogP contribution in [0.15, 0.2) is 52.3 Å². The topological polar surface area (TPSA) is 55.1 Å². The van der Waals surface area contributed by atoms with Crippen molar-refractivity contribution in [3.05, 3.63) is 68.7 Å². The molecule has 0 aliphatic rings. The van der Waals surface area contributed by atoms with Gasteiger partial charge in [0.1, 0.15) is 5.58 Å². The molecule has 1 amide bonds. The van der Waals surface area contributed by atoms with E-state index in [0.717, 1.165) is 10.9 Å². The van der Waals surface area contributed by atoms with Crippen molar-refractivity contribution in [1.29, 1.82) is 0 Å². The average Bonchev–Trinajstić information content (AvgIpc) is 3.21. The molecular formula is C18H9Cl3N2O2S. The number of halogens is 3. The fraction of sp³-hybridized carbons (Fsp3) is 0. The van der Waals surface area contributed by atoms with Gasteiger partial charge < -0.3 is 4.42 Å². The number of carbonyl (C=O) groups excluding carboxylic acids is 1. The Balaban J connectivity index is 1.57. The molecule has 4 rings (SSSR count). The summed E-state index contributed by atoms with van der Waals surface area (Å²) >= 11 is 19.4. The predicted octanol–water partition coefficient (Wildman–Crippen LogP) is 6.77. The third-order valence-corrected chi connectivity index (χ3v) is 5.17. The summed E-state index contributed by atoms with van der Waals surface area (Å²) in [4.78, 5) is 16.8. The second-order valence-corrected chi connectivity index (χ2v) is 7.55. The minimum absolute atomic E-state index is 0.184. The quantitative estimate of drug-likeness (QED) is 0.395. The number of rotatable bonds is 3. The maximum atomic E-state index is 12.4. The summed E-state index contributed by atoms with van der Waals surface area (Å²) < 4.78 is 5.55. The summed E-state index contributed by atoms with van der Waals surface area (Å²) in [6.45, 7) is 0. The first-order valence-corrected chi connectivity index (χ1v) is 9.42. The predicted molar refractivity (Wildman–Crippen MR) is 107 cm³/mol. The molecule has 0 fully saturated rings. The molecule has 0 atom stereocenters. The number of hydrogen-bond donors (Lipinski definition) is 1. The summed E-state index contributed by atoms with van der Waals surface area (Å²) in [5.74, 6) is -0.205. The summed E-state index contributed by atoms with van der Waals surface area (Å²) in [6, 6.07) is 12.0. The SMILES string of the molecule is O=C(Nc1nc(-c2ccc(Cl)cc2Cl)cs1)c1cc2cc(Cl)ccc2o1. The monoisotopic (exact) mass is 422 g/mol.